The summed E-state index contributed by atoms with van der Waals surface area (Å²) >= 11 is 0. The summed E-state index contributed by atoms with van der Waals surface area (Å²) in [6.45, 7) is 3.21. The zero-order valence-corrected chi connectivity index (χ0v) is 18.9. The van der Waals surface area contributed by atoms with E-state index < -0.39 is 11.8 Å². The molecule has 0 N–H and O–H groups in total. The van der Waals surface area contributed by atoms with Crippen molar-refractivity contribution in [2.75, 3.05) is 60.0 Å². The Kier molecular flexibility index (Phi) is 10.6. The summed E-state index contributed by atoms with van der Waals surface area (Å²) in [4.78, 5) is 16.6. The third-order valence-electron chi connectivity index (χ3n) is 4.52. The summed E-state index contributed by atoms with van der Waals surface area (Å²) in [5.41, 5.74) is 1.07. The molecule has 10 heteroatoms. The van der Waals surface area contributed by atoms with Crippen LogP contribution >= 0.6 is 0 Å². The lowest BCUT2D eigenvalue weighted by atomic mass is 10.1. The van der Waals surface area contributed by atoms with Crippen molar-refractivity contribution in [1.29, 1.82) is 0 Å². The normalized spacial score (nSPS) is 11.0. The first-order valence-electron chi connectivity index (χ1n) is 10.8. The first-order chi connectivity index (χ1) is 16.7. The lowest BCUT2D eigenvalue weighted by molar-refractivity contribution is -0.00551. The number of halogens is 1. The van der Waals surface area contributed by atoms with Crippen LogP contribution in [0.2, 0.25) is 0 Å². The number of ether oxygens (including phenoxy) is 5. The van der Waals surface area contributed by atoms with Gasteiger partial charge in [0, 0.05) is 12.7 Å². The topological polar surface area (TPSA) is 102 Å². The quantitative estimate of drug-likeness (QED) is 0.242. The molecule has 0 saturated heterocycles. The first kappa shape index (κ1) is 25.4. The lowest BCUT2D eigenvalue weighted by Crippen LogP contribution is -2.14. The molecule has 0 amide bonds. The highest BCUT2D eigenvalue weighted by Gasteiger charge is 2.15. The minimum Gasteiger partial charge on any atom is -0.460 e. The van der Waals surface area contributed by atoms with Gasteiger partial charge in [-0.15, -0.1) is 0 Å². The Hall–Kier alpha value is -3.18. The second kappa shape index (κ2) is 14.2. The minimum atomic E-state index is -0.507. The number of aromatic nitrogens is 2. The smallest absolute Gasteiger partial charge is 0.338 e. The Morgan fingerprint density at radius 1 is 0.882 bits per heavy atom. The van der Waals surface area contributed by atoms with Crippen molar-refractivity contribution in [2.45, 2.75) is 0 Å². The molecule has 0 fully saturated rings. The molecule has 1 heterocycles. The van der Waals surface area contributed by atoms with Gasteiger partial charge in [0.2, 0.25) is 5.82 Å². The van der Waals surface area contributed by atoms with Crippen LogP contribution < -0.4 is 0 Å². The van der Waals surface area contributed by atoms with E-state index in [1.54, 1.807) is 49.6 Å². The van der Waals surface area contributed by atoms with Gasteiger partial charge in [0.1, 0.15) is 12.4 Å². The fourth-order valence-electron chi connectivity index (χ4n) is 2.83. The summed E-state index contributed by atoms with van der Waals surface area (Å²) in [5.74, 6) is -0.676. The zero-order chi connectivity index (χ0) is 24.0. The first-order valence-corrected chi connectivity index (χ1v) is 10.8. The van der Waals surface area contributed by atoms with E-state index in [2.05, 4.69) is 10.1 Å². The van der Waals surface area contributed by atoms with Gasteiger partial charge in [-0.05, 0) is 24.3 Å². The van der Waals surface area contributed by atoms with Crippen LogP contribution in [0.3, 0.4) is 0 Å². The van der Waals surface area contributed by atoms with E-state index in [0.717, 1.165) is 0 Å². The maximum Gasteiger partial charge on any atom is 0.338 e. The van der Waals surface area contributed by atoms with Crippen molar-refractivity contribution in [3.05, 3.63) is 59.9 Å². The summed E-state index contributed by atoms with van der Waals surface area (Å²) in [6, 6.07) is 12.7. The maximum absolute atomic E-state index is 13.9. The number of hydrogen-bond donors (Lipinski definition) is 0. The van der Waals surface area contributed by atoms with E-state index in [9.17, 15) is 9.18 Å². The number of rotatable bonds is 15. The molecule has 0 aliphatic carbocycles. The van der Waals surface area contributed by atoms with Crippen LogP contribution in [0.5, 0.6) is 0 Å². The van der Waals surface area contributed by atoms with Gasteiger partial charge in [0.05, 0.1) is 57.4 Å². The molecule has 0 saturated carbocycles. The highest BCUT2D eigenvalue weighted by atomic mass is 19.1. The predicted molar refractivity (Wildman–Crippen MR) is 120 cm³/mol. The highest BCUT2D eigenvalue weighted by Crippen LogP contribution is 2.24. The van der Waals surface area contributed by atoms with E-state index in [4.69, 9.17) is 28.2 Å². The monoisotopic (exact) mass is 474 g/mol. The molecule has 3 aromatic rings. The van der Waals surface area contributed by atoms with Gasteiger partial charge in [-0.3, -0.25) is 0 Å². The minimum absolute atomic E-state index is 0.0563. The number of carbonyl (C=O) groups is 1. The third-order valence-corrected chi connectivity index (χ3v) is 4.52. The highest BCUT2D eigenvalue weighted by molar-refractivity contribution is 5.90. The van der Waals surface area contributed by atoms with Crippen LogP contribution in [0.1, 0.15) is 10.4 Å². The molecule has 0 atom stereocenters. The molecule has 0 bridgehead atoms. The fourth-order valence-corrected chi connectivity index (χ4v) is 2.83. The molecule has 0 aliphatic rings. The average Bonchev–Trinajstić information content (AvgIpc) is 3.35. The van der Waals surface area contributed by atoms with Crippen molar-refractivity contribution in [3.63, 3.8) is 0 Å². The molecule has 0 aliphatic heterocycles. The zero-order valence-electron chi connectivity index (χ0n) is 18.9. The molecule has 182 valence electrons. The third kappa shape index (κ3) is 7.99. The van der Waals surface area contributed by atoms with Crippen LogP contribution in [0.4, 0.5) is 4.39 Å². The van der Waals surface area contributed by atoms with Crippen molar-refractivity contribution in [3.8, 4) is 22.8 Å². The Labute approximate surface area is 196 Å². The summed E-state index contributed by atoms with van der Waals surface area (Å²) in [7, 11) is 1.62. The Morgan fingerprint density at radius 2 is 1.56 bits per heavy atom. The van der Waals surface area contributed by atoms with Crippen molar-refractivity contribution >= 4 is 5.97 Å². The van der Waals surface area contributed by atoms with E-state index in [0.29, 0.717) is 50.8 Å². The van der Waals surface area contributed by atoms with E-state index >= 15 is 0 Å². The number of carbonyl (C=O) groups excluding carboxylic acids is 1. The molecule has 0 spiro atoms. The molecule has 0 radical (unpaired) electrons. The number of benzene rings is 2. The summed E-state index contributed by atoms with van der Waals surface area (Å²) in [6.07, 6.45) is 0. The maximum atomic E-state index is 13.9. The van der Waals surface area contributed by atoms with E-state index in [-0.39, 0.29) is 30.5 Å². The van der Waals surface area contributed by atoms with E-state index in [1.807, 2.05) is 0 Å². The van der Waals surface area contributed by atoms with Crippen LogP contribution in [0.25, 0.3) is 22.8 Å². The molecule has 2 aromatic carbocycles. The average molecular weight is 474 g/mol. The number of nitrogens with zero attached hydrogens (tertiary/aromatic N) is 2. The predicted octanol–water partition coefficient (Wildman–Crippen LogP) is 3.40. The number of esters is 1. The molecular weight excluding hydrogens is 447 g/mol. The summed E-state index contributed by atoms with van der Waals surface area (Å²) in [5, 5.41) is 3.89. The van der Waals surface area contributed by atoms with Crippen molar-refractivity contribution in [2.24, 2.45) is 0 Å². The second-order valence-corrected chi connectivity index (χ2v) is 6.95. The van der Waals surface area contributed by atoms with Crippen LogP contribution in [-0.2, 0) is 23.7 Å². The molecule has 9 nitrogen and oxygen atoms in total. The van der Waals surface area contributed by atoms with Gasteiger partial charge < -0.3 is 28.2 Å². The molecule has 3 rings (SSSR count). The van der Waals surface area contributed by atoms with Gasteiger partial charge in [-0.1, -0.05) is 29.4 Å². The van der Waals surface area contributed by atoms with Gasteiger partial charge in [-0.2, -0.15) is 4.98 Å². The van der Waals surface area contributed by atoms with Gasteiger partial charge in [0.15, 0.2) is 0 Å². The van der Waals surface area contributed by atoms with Crippen LogP contribution in [0, 0.1) is 5.82 Å². The molecule has 0 unspecified atom stereocenters. The fraction of sp³-hybridized carbons (Fsp3) is 0.375. The largest absolute Gasteiger partial charge is 0.460 e. The lowest BCUT2D eigenvalue weighted by Gasteiger charge is -2.08. The Balaban J connectivity index is 1.38. The number of hydrogen-bond acceptors (Lipinski definition) is 9. The van der Waals surface area contributed by atoms with Crippen LogP contribution in [0.15, 0.2) is 53.1 Å². The van der Waals surface area contributed by atoms with Crippen molar-refractivity contribution < 1.29 is 37.4 Å². The standard InChI is InChI=1S/C24H27FN2O7/c1-29-9-10-30-11-12-31-13-14-32-15-16-33-24(28)19-6-4-5-18(17-19)22-26-23(34-27-22)20-7-2-3-8-21(20)25/h2-8,17H,9-16H2,1H3. The van der Waals surface area contributed by atoms with Crippen molar-refractivity contribution in [1.82, 2.24) is 10.1 Å². The van der Waals surface area contributed by atoms with Gasteiger partial charge in [-0.25, -0.2) is 9.18 Å². The molecular formula is C24H27FN2O7. The SMILES string of the molecule is COCCOCCOCCOCCOC(=O)c1cccc(-c2noc(-c3ccccc3F)n2)c1. The Bertz CT molecular complexity index is 1030. The Morgan fingerprint density at radius 3 is 2.26 bits per heavy atom. The summed E-state index contributed by atoms with van der Waals surface area (Å²) < 4.78 is 45.3. The van der Waals surface area contributed by atoms with Crippen LogP contribution in [-0.4, -0.2) is 76.1 Å². The number of methoxy groups -OCH3 is 1. The van der Waals surface area contributed by atoms with Gasteiger partial charge in [0.25, 0.3) is 5.89 Å². The second-order valence-electron chi connectivity index (χ2n) is 6.95. The van der Waals surface area contributed by atoms with Gasteiger partial charge >= 0.3 is 5.97 Å². The molecule has 1 aromatic heterocycles. The van der Waals surface area contributed by atoms with E-state index in [1.165, 1.54) is 6.07 Å². The molecule has 34 heavy (non-hydrogen) atoms.